The molecular formula is C35H49N3O7. The number of hydrogen-bond acceptors (Lipinski definition) is 8. The summed E-state index contributed by atoms with van der Waals surface area (Å²) in [6.45, 7) is 10.5. The van der Waals surface area contributed by atoms with Gasteiger partial charge in [0.05, 0.1) is 31.4 Å². The van der Waals surface area contributed by atoms with Crippen LogP contribution < -0.4 is 15.0 Å². The van der Waals surface area contributed by atoms with E-state index < -0.39 is 30.1 Å². The van der Waals surface area contributed by atoms with Crippen molar-refractivity contribution in [3.8, 4) is 16.9 Å². The Labute approximate surface area is 266 Å². The van der Waals surface area contributed by atoms with Crippen molar-refractivity contribution < 1.29 is 34.5 Å². The molecule has 2 bridgehead atoms. The fourth-order valence-electron chi connectivity index (χ4n) is 8.05. The van der Waals surface area contributed by atoms with Gasteiger partial charge in [-0.3, -0.25) is 9.63 Å². The fraction of sp³-hybridized carbons (Fsp3) is 0.600. The average Bonchev–Trinajstić information content (AvgIpc) is 3.37. The van der Waals surface area contributed by atoms with Gasteiger partial charge in [0.15, 0.2) is 0 Å². The van der Waals surface area contributed by atoms with E-state index >= 15 is 0 Å². The molecule has 0 spiro atoms. The Balaban J connectivity index is 1.48. The van der Waals surface area contributed by atoms with Gasteiger partial charge in [0.1, 0.15) is 17.9 Å². The smallest absolute Gasteiger partial charge is 0.335 e. The van der Waals surface area contributed by atoms with Crippen molar-refractivity contribution in [3.63, 3.8) is 0 Å². The summed E-state index contributed by atoms with van der Waals surface area (Å²) in [5.41, 5.74) is 3.31. The number of fused-ring (bicyclic) bond motifs is 2. The minimum absolute atomic E-state index is 0.0358. The van der Waals surface area contributed by atoms with Gasteiger partial charge >= 0.3 is 5.97 Å². The SMILES string of the molecule is CCOc1c(CN2O[C@@H](CO)[C@@H]([C@H](C)O)[C@H]2C(=O)N[C@H]2C[C@H]3C[C@@H]([C@@H]2C)C3(C)C)cccc1-c1cc(C(=O)O)cc(N(C)C)c1. The average molecular weight is 624 g/mol. The number of aliphatic hydroxyl groups excluding tert-OH is 2. The molecule has 8 atom stereocenters. The third-order valence-corrected chi connectivity index (χ3v) is 10.8. The Morgan fingerprint density at radius 2 is 1.93 bits per heavy atom. The van der Waals surface area contributed by atoms with Gasteiger partial charge in [0, 0.05) is 42.9 Å². The van der Waals surface area contributed by atoms with Crippen LogP contribution in [0.25, 0.3) is 11.1 Å². The molecule has 0 radical (unpaired) electrons. The first-order valence-corrected chi connectivity index (χ1v) is 16.1. The lowest BCUT2D eigenvalue weighted by Gasteiger charge is -2.62. The summed E-state index contributed by atoms with van der Waals surface area (Å²) in [6.07, 6.45) is 0.461. The van der Waals surface area contributed by atoms with Crippen molar-refractivity contribution in [2.75, 3.05) is 32.2 Å². The molecule has 4 N–H and O–H groups in total. The van der Waals surface area contributed by atoms with Crippen molar-refractivity contribution in [1.82, 2.24) is 10.4 Å². The van der Waals surface area contributed by atoms with E-state index in [-0.39, 0.29) is 36.1 Å². The van der Waals surface area contributed by atoms with Crippen LogP contribution in [0.15, 0.2) is 36.4 Å². The van der Waals surface area contributed by atoms with Crippen LogP contribution in [0.3, 0.4) is 0 Å². The van der Waals surface area contributed by atoms with Crippen LogP contribution in [0.5, 0.6) is 5.75 Å². The molecule has 10 nitrogen and oxygen atoms in total. The van der Waals surface area contributed by atoms with Gasteiger partial charge in [-0.05, 0) is 73.6 Å². The number of amides is 1. The van der Waals surface area contributed by atoms with Crippen molar-refractivity contribution in [3.05, 3.63) is 47.5 Å². The number of aromatic carboxylic acids is 1. The maximum absolute atomic E-state index is 14.1. The lowest BCUT2D eigenvalue weighted by atomic mass is 9.45. The van der Waals surface area contributed by atoms with Crippen LogP contribution in [0, 0.1) is 29.1 Å². The van der Waals surface area contributed by atoms with Crippen LogP contribution in [-0.4, -0.2) is 83.9 Å². The molecule has 246 valence electrons. The van der Waals surface area contributed by atoms with E-state index in [9.17, 15) is 24.9 Å². The van der Waals surface area contributed by atoms with Gasteiger partial charge in [-0.25, -0.2) is 4.79 Å². The summed E-state index contributed by atoms with van der Waals surface area (Å²) < 4.78 is 6.19. The number of nitrogens with zero attached hydrogens (tertiary/aromatic N) is 2. The van der Waals surface area contributed by atoms with Crippen LogP contribution in [0.2, 0.25) is 0 Å². The second kappa shape index (κ2) is 12.9. The van der Waals surface area contributed by atoms with Gasteiger partial charge in [-0.15, -0.1) is 0 Å². The van der Waals surface area contributed by atoms with Crippen molar-refractivity contribution in [2.45, 2.75) is 78.3 Å². The molecule has 1 aliphatic heterocycles. The van der Waals surface area contributed by atoms with Crippen LogP contribution >= 0.6 is 0 Å². The summed E-state index contributed by atoms with van der Waals surface area (Å²) in [5, 5.41) is 35.8. The topological polar surface area (TPSA) is 132 Å². The quantitative estimate of drug-likeness (QED) is 0.291. The number of aliphatic hydroxyl groups is 2. The molecule has 4 fully saturated rings. The number of carbonyl (C=O) groups excluding carboxylic acids is 1. The van der Waals surface area contributed by atoms with Crippen molar-refractivity contribution >= 4 is 17.6 Å². The normalized spacial score (nSPS) is 29.5. The molecule has 2 aromatic rings. The highest BCUT2D eigenvalue weighted by atomic mass is 16.7. The van der Waals surface area contributed by atoms with E-state index in [1.807, 2.05) is 50.2 Å². The van der Waals surface area contributed by atoms with E-state index in [4.69, 9.17) is 9.57 Å². The molecule has 6 rings (SSSR count). The van der Waals surface area contributed by atoms with Crippen LogP contribution in [-0.2, 0) is 16.2 Å². The first-order valence-electron chi connectivity index (χ1n) is 16.1. The third-order valence-electron chi connectivity index (χ3n) is 10.8. The standard InChI is InChI=1S/C35H49N3O7/c1-8-44-32-21(10-9-11-26(32)22-12-23(34(42)43)14-25(13-22)37(6)7)17-38-31(30(20(3)40)29(18-39)45-38)33(41)36-28-16-24-15-27(19(28)2)35(24,4)5/h9-14,19-20,24,27-31,39-40H,8,15-18H2,1-7H3,(H,36,41)(H,42,43)/t19-,20-,24+,27-,28-,29-,30+,31-/m0/s1. The Bertz CT molecular complexity index is 1410. The molecule has 1 amide bonds. The second-order valence-corrected chi connectivity index (χ2v) is 13.9. The Morgan fingerprint density at radius 3 is 2.51 bits per heavy atom. The van der Waals surface area contributed by atoms with E-state index in [1.54, 1.807) is 24.1 Å². The predicted molar refractivity (Wildman–Crippen MR) is 172 cm³/mol. The maximum Gasteiger partial charge on any atom is 0.335 e. The lowest BCUT2D eigenvalue weighted by molar-refractivity contribution is -0.183. The fourth-order valence-corrected chi connectivity index (χ4v) is 8.05. The molecule has 45 heavy (non-hydrogen) atoms. The summed E-state index contributed by atoms with van der Waals surface area (Å²) in [4.78, 5) is 34.1. The molecule has 3 saturated carbocycles. The number of carboxylic acids is 1. The van der Waals surface area contributed by atoms with Crippen LogP contribution in [0.4, 0.5) is 5.69 Å². The monoisotopic (exact) mass is 623 g/mol. The molecule has 3 aliphatic carbocycles. The predicted octanol–water partition coefficient (Wildman–Crippen LogP) is 4.18. The molecule has 0 aromatic heterocycles. The molecule has 4 aliphatic rings. The number of ether oxygens (including phenoxy) is 1. The number of carbonyl (C=O) groups is 2. The van der Waals surface area contributed by atoms with Crippen molar-refractivity contribution in [1.29, 1.82) is 0 Å². The second-order valence-electron chi connectivity index (χ2n) is 13.9. The summed E-state index contributed by atoms with van der Waals surface area (Å²) in [6, 6.07) is 10.0. The summed E-state index contributed by atoms with van der Waals surface area (Å²) >= 11 is 0. The van der Waals surface area contributed by atoms with E-state index in [2.05, 4.69) is 26.1 Å². The van der Waals surface area contributed by atoms with E-state index in [0.717, 1.165) is 17.7 Å². The molecule has 1 saturated heterocycles. The number of rotatable bonds is 11. The number of para-hydroxylation sites is 1. The highest BCUT2D eigenvalue weighted by Gasteiger charge is 2.57. The first kappa shape index (κ1) is 33.2. The molecule has 0 unspecified atom stereocenters. The maximum atomic E-state index is 14.1. The number of carboxylic acid groups (broad SMARTS) is 1. The number of hydroxylamine groups is 2. The molecule has 2 aromatic carbocycles. The van der Waals surface area contributed by atoms with Gasteiger partial charge in [0.2, 0.25) is 5.91 Å². The molecule has 10 heteroatoms. The summed E-state index contributed by atoms with van der Waals surface area (Å²) in [7, 11) is 3.71. The minimum atomic E-state index is -1.03. The van der Waals surface area contributed by atoms with Crippen molar-refractivity contribution in [2.24, 2.45) is 29.1 Å². The highest BCUT2D eigenvalue weighted by molar-refractivity contribution is 5.92. The summed E-state index contributed by atoms with van der Waals surface area (Å²) in [5.74, 6) is 0.125. The Kier molecular flexibility index (Phi) is 9.52. The molecule has 1 heterocycles. The zero-order valence-corrected chi connectivity index (χ0v) is 27.5. The van der Waals surface area contributed by atoms with E-state index in [0.29, 0.717) is 41.2 Å². The number of benzene rings is 2. The zero-order chi connectivity index (χ0) is 32.8. The Hall–Kier alpha value is -3.18. The third kappa shape index (κ3) is 6.17. The molecular weight excluding hydrogens is 574 g/mol. The van der Waals surface area contributed by atoms with E-state index in [1.165, 1.54) is 6.42 Å². The first-order chi connectivity index (χ1) is 21.3. The minimum Gasteiger partial charge on any atom is -0.493 e. The lowest BCUT2D eigenvalue weighted by Crippen LogP contribution is -2.62. The van der Waals surface area contributed by atoms with Gasteiger partial charge in [-0.1, -0.05) is 39.0 Å². The Morgan fingerprint density at radius 1 is 1.20 bits per heavy atom. The van der Waals surface area contributed by atoms with Gasteiger partial charge in [0.25, 0.3) is 0 Å². The number of hydrogen-bond donors (Lipinski definition) is 4. The number of anilines is 1. The highest BCUT2D eigenvalue weighted by Crippen LogP contribution is 2.61. The van der Waals surface area contributed by atoms with Gasteiger partial charge < -0.3 is 30.3 Å². The largest absolute Gasteiger partial charge is 0.493 e. The van der Waals surface area contributed by atoms with Gasteiger partial charge in [-0.2, -0.15) is 5.06 Å². The number of nitrogens with one attached hydrogen (secondary N) is 1. The van der Waals surface area contributed by atoms with Crippen LogP contribution in [0.1, 0.15) is 63.4 Å². The zero-order valence-electron chi connectivity index (χ0n) is 27.5.